The predicted molar refractivity (Wildman–Crippen MR) is 102 cm³/mol. The molecule has 2 unspecified atom stereocenters. The highest BCUT2D eigenvalue weighted by Crippen LogP contribution is 2.41. The number of rotatable bonds is 5. The minimum absolute atomic E-state index is 0.0105. The molecule has 4 rings (SSSR count). The molecule has 0 spiro atoms. The van der Waals surface area contributed by atoms with Crippen LogP contribution >= 0.6 is 0 Å². The number of aromatic amines is 1. The van der Waals surface area contributed by atoms with Gasteiger partial charge in [0.1, 0.15) is 11.5 Å². The van der Waals surface area contributed by atoms with Crippen molar-refractivity contribution in [2.45, 2.75) is 32.7 Å². The Hall–Kier alpha value is -2.21. The highest BCUT2D eigenvalue weighted by molar-refractivity contribution is 5.98. The average Bonchev–Trinajstić information content (AvgIpc) is 3.28. The van der Waals surface area contributed by atoms with Crippen molar-refractivity contribution in [2.75, 3.05) is 26.7 Å². The van der Waals surface area contributed by atoms with E-state index < -0.39 is 0 Å². The molecule has 2 aliphatic heterocycles. The maximum absolute atomic E-state index is 13.5. The Labute approximate surface area is 159 Å². The van der Waals surface area contributed by atoms with Crippen LogP contribution < -0.4 is 0 Å². The van der Waals surface area contributed by atoms with Gasteiger partial charge in [-0.25, -0.2) is 4.39 Å². The number of nitrogens with one attached hydrogen (secondary N) is 1. The molecule has 5 nitrogen and oxygen atoms in total. The molecule has 0 bridgehead atoms. The van der Waals surface area contributed by atoms with Crippen molar-refractivity contribution in [3.63, 3.8) is 0 Å². The van der Waals surface area contributed by atoms with Crippen LogP contribution in [0.3, 0.4) is 0 Å². The number of benzene rings is 1. The molecule has 3 heterocycles. The minimum Gasteiger partial charge on any atom is -0.326 e. The zero-order chi connectivity index (χ0) is 19.1. The number of aromatic nitrogens is 2. The third-order valence-corrected chi connectivity index (χ3v) is 5.67. The zero-order valence-corrected chi connectivity index (χ0v) is 16.2. The summed E-state index contributed by atoms with van der Waals surface area (Å²) in [6, 6.07) is 6.35. The van der Waals surface area contributed by atoms with Crippen LogP contribution in [0, 0.1) is 17.7 Å². The number of carbonyl (C=O) groups excluding carboxylic acids is 1. The van der Waals surface area contributed by atoms with Crippen molar-refractivity contribution in [3.05, 3.63) is 52.6 Å². The molecule has 0 aliphatic carbocycles. The van der Waals surface area contributed by atoms with Gasteiger partial charge >= 0.3 is 0 Å². The number of hydrogen-bond acceptors (Lipinski definition) is 3. The number of carbonyl (C=O) groups is 1. The number of nitrogens with zero attached hydrogens (tertiary/aromatic N) is 3. The quantitative estimate of drug-likeness (QED) is 0.879. The van der Waals surface area contributed by atoms with Gasteiger partial charge in [0.05, 0.1) is 11.7 Å². The largest absolute Gasteiger partial charge is 0.326 e. The molecule has 2 aromatic rings. The van der Waals surface area contributed by atoms with E-state index >= 15 is 0 Å². The molecular formula is C21H27FN4O. The first-order chi connectivity index (χ1) is 12.9. The fourth-order valence-electron chi connectivity index (χ4n) is 4.44. The van der Waals surface area contributed by atoms with E-state index in [1.54, 1.807) is 12.1 Å². The highest BCUT2D eigenvalue weighted by atomic mass is 19.1. The monoisotopic (exact) mass is 370 g/mol. The Bertz CT molecular complexity index is 829. The van der Waals surface area contributed by atoms with Crippen LogP contribution in [0.15, 0.2) is 24.3 Å². The average molecular weight is 370 g/mol. The molecular weight excluding hydrogens is 343 g/mol. The second-order valence-electron chi connectivity index (χ2n) is 8.39. The van der Waals surface area contributed by atoms with Crippen molar-refractivity contribution in [2.24, 2.45) is 11.8 Å². The summed E-state index contributed by atoms with van der Waals surface area (Å²) in [5.74, 6) is 0.657. The SMILES string of the molecule is CC(C)Cc1n[nH]c2c1C(c1ccc(F)cc1)N(CC1CCN(C)C1)C2=O. The van der Waals surface area contributed by atoms with Crippen LogP contribution in [-0.4, -0.2) is 52.6 Å². The summed E-state index contributed by atoms with van der Waals surface area (Å²) >= 11 is 0. The predicted octanol–water partition coefficient (Wildman–Crippen LogP) is 3.24. The number of hydrogen-bond donors (Lipinski definition) is 1. The van der Waals surface area contributed by atoms with Crippen LogP contribution in [0.25, 0.3) is 0 Å². The molecule has 1 aromatic carbocycles. The fraction of sp³-hybridized carbons (Fsp3) is 0.524. The zero-order valence-electron chi connectivity index (χ0n) is 16.2. The standard InChI is InChI=1S/C21H27FN4O/c1-13(2)10-17-18-19(24-23-17)21(27)26(12-14-8-9-25(3)11-14)20(18)15-4-6-16(22)7-5-15/h4-7,13-14,20H,8-12H2,1-3H3,(H,23,24). The van der Waals surface area contributed by atoms with E-state index in [0.29, 0.717) is 17.5 Å². The van der Waals surface area contributed by atoms with Gasteiger partial charge in [-0.1, -0.05) is 26.0 Å². The number of amides is 1. The lowest BCUT2D eigenvalue weighted by atomic mass is 9.95. The molecule has 0 saturated carbocycles. The second kappa shape index (κ2) is 7.08. The maximum Gasteiger partial charge on any atom is 0.273 e. The van der Waals surface area contributed by atoms with Gasteiger partial charge in [0.15, 0.2) is 0 Å². The Morgan fingerprint density at radius 3 is 2.67 bits per heavy atom. The lowest BCUT2D eigenvalue weighted by molar-refractivity contribution is 0.0714. The van der Waals surface area contributed by atoms with E-state index in [9.17, 15) is 9.18 Å². The first kappa shape index (κ1) is 18.2. The molecule has 2 aliphatic rings. The molecule has 1 N–H and O–H groups in total. The van der Waals surface area contributed by atoms with Crippen LogP contribution in [0.5, 0.6) is 0 Å². The Morgan fingerprint density at radius 2 is 2.04 bits per heavy atom. The van der Waals surface area contributed by atoms with E-state index in [1.807, 2.05) is 4.90 Å². The normalized spacial score (nSPS) is 22.9. The number of fused-ring (bicyclic) bond motifs is 1. The van der Waals surface area contributed by atoms with E-state index in [2.05, 4.69) is 36.0 Å². The van der Waals surface area contributed by atoms with E-state index in [0.717, 1.165) is 49.3 Å². The summed E-state index contributed by atoms with van der Waals surface area (Å²) in [6.45, 7) is 7.09. The van der Waals surface area contributed by atoms with Gasteiger partial charge in [0.25, 0.3) is 5.91 Å². The lowest BCUT2D eigenvalue weighted by Crippen LogP contribution is -2.35. The maximum atomic E-state index is 13.5. The van der Waals surface area contributed by atoms with E-state index in [4.69, 9.17) is 0 Å². The smallest absolute Gasteiger partial charge is 0.273 e. The number of H-pyrrole nitrogens is 1. The molecule has 6 heteroatoms. The Kier molecular flexibility index (Phi) is 4.76. The van der Waals surface area contributed by atoms with E-state index in [-0.39, 0.29) is 17.8 Å². The first-order valence-electron chi connectivity index (χ1n) is 9.76. The van der Waals surface area contributed by atoms with Gasteiger partial charge in [0.2, 0.25) is 0 Å². The van der Waals surface area contributed by atoms with Crippen molar-refractivity contribution >= 4 is 5.91 Å². The second-order valence-corrected chi connectivity index (χ2v) is 8.39. The molecule has 27 heavy (non-hydrogen) atoms. The first-order valence-corrected chi connectivity index (χ1v) is 9.76. The van der Waals surface area contributed by atoms with Crippen molar-refractivity contribution < 1.29 is 9.18 Å². The number of halogens is 1. The van der Waals surface area contributed by atoms with Crippen LogP contribution in [0.2, 0.25) is 0 Å². The summed E-state index contributed by atoms with van der Waals surface area (Å²) in [6.07, 6.45) is 1.91. The van der Waals surface area contributed by atoms with Gasteiger partial charge in [-0.05, 0) is 56.0 Å². The summed E-state index contributed by atoms with van der Waals surface area (Å²) in [4.78, 5) is 17.5. The van der Waals surface area contributed by atoms with Crippen molar-refractivity contribution in [3.8, 4) is 0 Å². The Morgan fingerprint density at radius 1 is 1.30 bits per heavy atom. The fourth-order valence-corrected chi connectivity index (χ4v) is 4.44. The van der Waals surface area contributed by atoms with Gasteiger partial charge in [0, 0.05) is 18.7 Å². The van der Waals surface area contributed by atoms with Gasteiger partial charge in [-0.15, -0.1) is 0 Å². The van der Waals surface area contributed by atoms with Crippen molar-refractivity contribution in [1.82, 2.24) is 20.0 Å². The summed E-state index contributed by atoms with van der Waals surface area (Å²) in [7, 11) is 2.12. The molecule has 1 amide bonds. The van der Waals surface area contributed by atoms with Gasteiger partial charge in [-0.2, -0.15) is 5.10 Å². The molecule has 1 saturated heterocycles. The van der Waals surface area contributed by atoms with Gasteiger partial charge in [-0.3, -0.25) is 9.89 Å². The highest BCUT2D eigenvalue weighted by Gasteiger charge is 2.43. The van der Waals surface area contributed by atoms with Crippen LogP contribution in [0.4, 0.5) is 4.39 Å². The summed E-state index contributed by atoms with van der Waals surface area (Å²) < 4.78 is 13.5. The summed E-state index contributed by atoms with van der Waals surface area (Å²) in [5.41, 5.74) is 3.48. The number of likely N-dealkylation sites (tertiary alicyclic amines) is 1. The van der Waals surface area contributed by atoms with Crippen LogP contribution in [0.1, 0.15) is 53.6 Å². The summed E-state index contributed by atoms with van der Waals surface area (Å²) in [5, 5.41) is 7.44. The third kappa shape index (κ3) is 3.38. The van der Waals surface area contributed by atoms with E-state index in [1.165, 1.54) is 12.1 Å². The van der Waals surface area contributed by atoms with Crippen LogP contribution in [-0.2, 0) is 6.42 Å². The van der Waals surface area contributed by atoms with Crippen molar-refractivity contribution in [1.29, 1.82) is 0 Å². The molecule has 144 valence electrons. The molecule has 0 radical (unpaired) electrons. The lowest BCUT2D eigenvalue weighted by Gasteiger charge is -2.29. The third-order valence-electron chi connectivity index (χ3n) is 5.67. The van der Waals surface area contributed by atoms with Gasteiger partial charge < -0.3 is 9.80 Å². The molecule has 1 aromatic heterocycles. The molecule has 1 fully saturated rings. The topological polar surface area (TPSA) is 52.2 Å². The molecule has 2 atom stereocenters. The minimum atomic E-state index is -0.262. The Balaban J connectivity index is 1.72.